The van der Waals surface area contributed by atoms with Gasteiger partial charge in [0.05, 0.1) is 6.57 Å². The van der Waals surface area contributed by atoms with E-state index in [0.717, 1.165) is 51.5 Å². The lowest BCUT2D eigenvalue weighted by Gasteiger charge is -2.36. The third-order valence-corrected chi connectivity index (χ3v) is 12.6. The van der Waals surface area contributed by atoms with E-state index < -0.39 is 0 Å². The Morgan fingerprint density at radius 3 is 1.81 bits per heavy atom. The molecule has 0 radical (unpaired) electrons. The fraction of sp³-hybridized carbons (Fsp3) is 0.184. The minimum absolute atomic E-state index is 0.106. The van der Waals surface area contributed by atoms with Crippen molar-refractivity contribution in [2.24, 2.45) is 0 Å². The molecule has 2 aromatic heterocycles. The Bertz CT molecular complexity index is 2920. The molecule has 258 valence electrons. The van der Waals surface area contributed by atoms with Crippen LogP contribution >= 0.6 is 0 Å². The highest BCUT2D eigenvalue weighted by atomic mass is 16.3. The molecule has 1 saturated carbocycles. The summed E-state index contributed by atoms with van der Waals surface area (Å²) < 4.78 is 6.32. The number of para-hydroxylation sites is 1. The molecule has 1 spiro atoms. The maximum atomic E-state index is 7.76. The summed E-state index contributed by atoms with van der Waals surface area (Å²) in [6.07, 6.45) is 5.75. The topological polar surface area (TPSA) is 56.2 Å². The molecule has 11 rings (SSSR count). The van der Waals surface area contributed by atoms with Crippen LogP contribution in [0.2, 0.25) is 0 Å². The van der Waals surface area contributed by atoms with Crippen molar-refractivity contribution in [2.75, 3.05) is 0 Å². The summed E-state index contributed by atoms with van der Waals surface area (Å²) in [4.78, 5) is 19.5. The van der Waals surface area contributed by atoms with Crippen LogP contribution in [0.3, 0.4) is 0 Å². The second kappa shape index (κ2) is 11.3. The highest BCUT2D eigenvalue weighted by molar-refractivity contribution is 6.05. The van der Waals surface area contributed by atoms with Gasteiger partial charge in [-0.1, -0.05) is 124 Å². The van der Waals surface area contributed by atoms with Crippen LogP contribution in [0.25, 0.3) is 83.2 Å². The van der Waals surface area contributed by atoms with Crippen molar-refractivity contribution in [1.82, 2.24) is 15.0 Å². The number of aromatic nitrogens is 3. The van der Waals surface area contributed by atoms with E-state index in [1.807, 2.05) is 24.3 Å². The number of hydrogen-bond donors (Lipinski definition) is 0. The van der Waals surface area contributed by atoms with Gasteiger partial charge in [-0.2, -0.15) is 0 Å². The molecule has 0 unspecified atom stereocenters. The Morgan fingerprint density at radius 1 is 0.519 bits per heavy atom. The Morgan fingerprint density at radius 2 is 1.07 bits per heavy atom. The van der Waals surface area contributed by atoms with Crippen molar-refractivity contribution in [1.29, 1.82) is 0 Å². The van der Waals surface area contributed by atoms with Crippen LogP contribution < -0.4 is 0 Å². The molecule has 0 aliphatic heterocycles. The number of furan rings is 1. The Hall–Kier alpha value is -6.38. The van der Waals surface area contributed by atoms with E-state index in [1.54, 1.807) is 0 Å². The second-order valence-corrected chi connectivity index (χ2v) is 15.8. The van der Waals surface area contributed by atoms with Crippen LogP contribution in [0.4, 0.5) is 5.69 Å². The molecule has 1 fully saturated rings. The van der Waals surface area contributed by atoms with Crippen molar-refractivity contribution in [2.45, 2.75) is 56.8 Å². The van der Waals surface area contributed by atoms with Gasteiger partial charge < -0.3 is 4.42 Å². The van der Waals surface area contributed by atoms with Gasteiger partial charge in [-0.25, -0.2) is 19.8 Å². The molecule has 5 nitrogen and oxygen atoms in total. The fourth-order valence-corrected chi connectivity index (χ4v) is 9.86. The van der Waals surface area contributed by atoms with Crippen molar-refractivity contribution in [3.8, 4) is 56.4 Å². The lowest BCUT2D eigenvalue weighted by Crippen LogP contribution is -2.28. The molecule has 3 aliphatic rings. The van der Waals surface area contributed by atoms with Gasteiger partial charge in [0.25, 0.3) is 0 Å². The van der Waals surface area contributed by atoms with Crippen molar-refractivity contribution in [3.63, 3.8) is 0 Å². The predicted molar refractivity (Wildman–Crippen MR) is 217 cm³/mol. The maximum Gasteiger partial charge on any atom is 0.187 e. The van der Waals surface area contributed by atoms with E-state index in [-0.39, 0.29) is 10.8 Å². The van der Waals surface area contributed by atoms with Crippen LogP contribution in [0.15, 0.2) is 126 Å². The Kier molecular flexibility index (Phi) is 6.53. The third-order valence-electron chi connectivity index (χ3n) is 12.6. The summed E-state index contributed by atoms with van der Waals surface area (Å²) in [6, 6.07) is 42.9. The first-order valence-corrected chi connectivity index (χ1v) is 19.0. The second-order valence-electron chi connectivity index (χ2n) is 15.8. The Labute approximate surface area is 314 Å². The summed E-state index contributed by atoms with van der Waals surface area (Å²) in [5.74, 6) is 1.90. The van der Waals surface area contributed by atoms with E-state index in [0.29, 0.717) is 23.2 Å². The van der Waals surface area contributed by atoms with Gasteiger partial charge in [0.1, 0.15) is 11.2 Å². The molecular formula is C49H36N4O. The smallest absolute Gasteiger partial charge is 0.187 e. The molecule has 3 aliphatic carbocycles. The maximum absolute atomic E-state index is 7.76. The van der Waals surface area contributed by atoms with Crippen LogP contribution in [-0.4, -0.2) is 15.0 Å². The van der Waals surface area contributed by atoms with Crippen LogP contribution in [0.5, 0.6) is 0 Å². The molecule has 6 aromatic carbocycles. The molecular weight excluding hydrogens is 661 g/mol. The minimum atomic E-state index is -0.149. The zero-order chi connectivity index (χ0) is 36.2. The first kappa shape index (κ1) is 31.2. The molecule has 0 bridgehead atoms. The first-order chi connectivity index (χ1) is 26.4. The largest absolute Gasteiger partial charge is 0.456 e. The normalized spacial score (nSPS) is 15.9. The minimum Gasteiger partial charge on any atom is -0.456 e. The molecule has 8 aromatic rings. The summed E-state index contributed by atoms with van der Waals surface area (Å²) in [5.41, 5.74) is 15.3. The summed E-state index contributed by atoms with van der Waals surface area (Å²) >= 11 is 0. The predicted octanol–water partition coefficient (Wildman–Crippen LogP) is 12.9. The van der Waals surface area contributed by atoms with Gasteiger partial charge in [0.2, 0.25) is 0 Å². The molecule has 0 amide bonds. The van der Waals surface area contributed by atoms with Crippen molar-refractivity contribution in [3.05, 3.63) is 155 Å². The number of rotatable bonds is 3. The number of fused-ring (bicyclic) bond motifs is 11. The van der Waals surface area contributed by atoms with Crippen LogP contribution in [0, 0.1) is 6.57 Å². The molecule has 5 heteroatoms. The average Bonchev–Trinajstić information content (AvgIpc) is 3.80. The molecule has 0 N–H and O–H groups in total. The van der Waals surface area contributed by atoms with Crippen molar-refractivity contribution >= 4 is 27.6 Å². The highest BCUT2D eigenvalue weighted by Crippen LogP contribution is 2.57. The Balaban J connectivity index is 1.10. The standard InChI is InChI=1S/C49H36N4O/c1-48(2)39-13-7-5-11-33(39)34-19-15-29(25-40(34)48)45-51-46(53-47(52-45)31-17-21-38-37-12-6-8-14-43(37)54-44(38)27-31)30-16-20-35-36-22-18-32(50-3)28-42(36)49(41(35)26-30)23-9-4-10-24-49/h5-8,11-22,25-28H,4,9-10,23-24H2,1-2H3. The van der Waals surface area contributed by atoms with Gasteiger partial charge in [-0.3, -0.25) is 0 Å². The highest BCUT2D eigenvalue weighted by Gasteiger charge is 2.44. The van der Waals surface area contributed by atoms with E-state index in [4.69, 9.17) is 25.9 Å². The summed E-state index contributed by atoms with van der Waals surface area (Å²) in [5, 5.41) is 2.17. The van der Waals surface area contributed by atoms with Gasteiger partial charge in [-0.15, -0.1) is 0 Å². The van der Waals surface area contributed by atoms with Gasteiger partial charge in [-0.05, 0) is 87.7 Å². The van der Waals surface area contributed by atoms with E-state index in [9.17, 15) is 0 Å². The van der Waals surface area contributed by atoms with Gasteiger partial charge in [0, 0.05) is 38.3 Å². The molecule has 0 saturated heterocycles. The van der Waals surface area contributed by atoms with Gasteiger partial charge >= 0.3 is 0 Å². The van der Waals surface area contributed by atoms with Crippen molar-refractivity contribution < 1.29 is 4.42 Å². The van der Waals surface area contributed by atoms with Gasteiger partial charge in [0.15, 0.2) is 23.2 Å². The third kappa shape index (κ3) is 4.40. The number of hydrogen-bond acceptors (Lipinski definition) is 4. The lowest BCUT2D eigenvalue weighted by molar-refractivity contribution is 0.353. The SMILES string of the molecule is [C-]#[N+]c1ccc2c(c1)C1(CCCCC1)c1cc(-c3nc(-c4ccc5c(c4)C(C)(C)c4ccccc4-5)nc(-c4ccc5c(c4)oc4ccccc45)n3)ccc1-2. The van der Waals surface area contributed by atoms with Crippen LogP contribution in [-0.2, 0) is 10.8 Å². The summed E-state index contributed by atoms with van der Waals surface area (Å²) in [6.45, 7) is 12.4. The molecule has 54 heavy (non-hydrogen) atoms. The zero-order valence-corrected chi connectivity index (χ0v) is 30.3. The van der Waals surface area contributed by atoms with Crippen LogP contribution in [0.1, 0.15) is 68.2 Å². The lowest BCUT2D eigenvalue weighted by atomic mass is 9.67. The number of benzene rings is 6. The van der Waals surface area contributed by atoms with E-state index >= 15 is 0 Å². The first-order valence-electron chi connectivity index (χ1n) is 19.0. The average molecular weight is 697 g/mol. The van der Waals surface area contributed by atoms with E-state index in [2.05, 4.69) is 116 Å². The summed E-state index contributed by atoms with van der Waals surface area (Å²) in [7, 11) is 0. The number of nitrogens with zero attached hydrogens (tertiary/aromatic N) is 4. The monoisotopic (exact) mass is 696 g/mol. The van der Waals surface area contributed by atoms with E-state index in [1.165, 1.54) is 63.8 Å². The zero-order valence-electron chi connectivity index (χ0n) is 30.3. The molecule has 2 heterocycles. The quantitative estimate of drug-likeness (QED) is 0.173. The fourth-order valence-electron chi connectivity index (χ4n) is 9.86. The molecule has 0 atom stereocenters.